The molecular weight excluding hydrogens is 277 g/mol. The molecular formula is C15H18FNO4. The minimum Gasteiger partial charge on any atom is -0.479 e. The highest BCUT2D eigenvalue weighted by Crippen LogP contribution is 2.22. The van der Waals surface area contributed by atoms with Crippen molar-refractivity contribution in [1.29, 1.82) is 0 Å². The summed E-state index contributed by atoms with van der Waals surface area (Å²) in [4.78, 5) is 24.7. The number of amides is 1. The standard InChI is InChI=1S/C15H18FNO4/c1-2-17(9-10-4-3-5-11(16)8-10)14(18)12-6-7-13(21-12)15(19)20/h3-5,8,12-13H,2,6-7,9H2,1H3,(H,19,20). The van der Waals surface area contributed by atoms with Crippen LogP contribution in [0.15, 0.2) is 24.3 Å². The average Bonchev–Trinajstić information content (AvgIpc) is 2.94. The van der Waals surface area contributed by atoms with E-state index in [-0.39, 0.29) is 18.3 Å². The number of aliphatic carboxylic acids is 1. The zero-order valence-electron chi connectivity index (χ0n) is 11.8. The summed E-state index contributed by atoms with van der Waals surface area (Å²) >= 11 is 0. The molecule has 1 saturated heterocycles. The van der Waals surface area contributed by atoms with Crippen LogP contribution in [0.3, 0.4) is 0 Å². The van der Waals surface area contributed by atoms with E-state index in [1.165, 1.54) is 12.1 Å². The zero-order valence-corrected chi connectivity index (χ0v) is 11.8. The van der Waals surface area contributed by atoms with Gasteiger partial charge in [-0.05, 0) is 37.5 Å². The molecule has 2 unspecified atom stereocenters. The summed E-state index contributed by atoms with van der Waals surface area (Å²) in [6, 6.07) is 6.06. The predicted octanol–water partition coefficient (Wildman–Crippen LogP) is 1.81. The second kappa shape index (κ2) is 6.67. The van der Waals surface area contributed by atoms with Gasteiger partial charge in [0.2, 0.25) is 0 Å². The molecule has 21 heavy (non-hydrogen) atoms. The van der Waals surface area contributed by atoms with Crippen LogP contribution in [-0.4, -0.2) is 40.6 Å². The van der Waals surface area contributed by atoms with Gasteiger partial charge in [0.1, 0.15) is 11.9 Å². The number of benzene rings is 1. The quantitative estimate of drug-likeness (QED) is 0.899. The van der Waals surface area contributed by atoms with E-state index >= 15 is 0 Å². The number of carbonyl (C=O) groups is 2. The summed E-state index contributed by atoms with van der Waals surface area (Å²) in [6.45, 7) is 2.55. The van der Waals surface area contributed by atoms with Crippen molar-refractivity contribution < 1.29 is 23.8 Å². The molecule has 2 atom stereocenters. The number of nitrogens with zero attached hydrogens (tertiary/aromatic N) is 1. The number of carboxylic acids is 1. The van der Waals surface area contributed by atoms with Crippen LogP contribution in [0.5, 0.6) is 0 Å². The molecule has 1 amide bonds. The Bertz CT molecular complexity index is 534. The number of carboxylic acid groups (broad SMARTS) is 1. The maximum atomic E-state index is 13.2. The smallest absolute Gasteiger partial charge is 0.332 e. The Hall–Kier alpha value is -1.95. The topological polar surface area (TPSA) is 66.8 Å². The van der Waals surface area contributed by atoms with E-state index in [2.05, 4.69) is 0 Å². The van der Waals surface area contributed by atoms with E-state index in [1.54, 1.807) is 17.0 Å². The van der Waals surface area contributed by atoms with Gasteiger partial charge in [-0.15, -0.1) is 0 Å². The molecule has 1 aromatic rings. The van der Waals surface area contributed by atoms with E-state index < -0.39 is 18.2 Å². The van der Waals surface area contributed by atoms with Gasteiger partial charge in [-0.25, -0.2) is 9.18 Å². The van der Waals surface area contributed by atoms with Crippen LogP contribution in [0.25, 0.3) is 0 Å². The summed E-state index contributed by atoms with van der Waals surface area (Å²) in [6.07, 6.45) is -0.898. The van der Waals surface area contributed by atoms with Gasteiger partial charge in [0.25, 0.3) is 5.91 Å². The van der Waals surface area contributed by atoms with Crippen molar-refractivity contribution in [3.8, 4) is 0 Å². The SMILES string of the molecule is CCN(Cc1cccc(F)c1)C(=O)C1CCC(C(=O)O)O1. The molecule has 0 spiro atoms. The minimum atomic E-state index is -1.04. The van der Waals surface area contributed by atoms with Gasteiger partial charge in [-0.3, -0.25) is 4.79 Å². The van der Waals surface area contributed by atoms with Crippen molar-refractivity contribution in [2.75, 3.05) is 6.54 Å². The van der Waals surface area contributed by atoms with Gasteiger partial charge < -0.3 is 14.7 Å². The lowest BCUT2D eigenvalue weighted by Gasteiger charge is -2.24. The lowest BCUT2D eigenvalue weighted by molar-refractivity contribution is -0.155. The molecule has 1 aliphatic heterocycles. The molecule has 0 aliphatic carbocycles. The van der Waals surface area contributed by atoms with Gasteiger partial charge in [0, 0.05) is 13.1 Å². The van der Waals surface area contributed by atoms with Crippen molar-refractivity contribution in [3.05, 3.63) is 35.6 Å². The van der Waals surface area contributed by atoms with Gasteiger partial charge in [-0.2, -0.15) is 0 Å². The van der Waals surface area contributed by atoms with E-state index in [4.69, 9.17) is 9.84 Å². The minimum absolute atomic E-state index is 0.245. The van der Waals surface area contributed by atoms with Crippen molar-refractivity contribution in [2.45, 2.75) is 38.5 Å². The summed E-state index contributed by atoms with van der Waals surface area (Å²) in [5.74, 6) is -1.64. The molecule has 1 aromatic carbocycles. The number of hydrogen-bond donors (Lipinski definition) is 1. The third kappa shape index (κ3) is 3.78. The molecule has 1 heterocycles. The number of carbonyl (C=O) groups excluding carboxylic acids is 1. The Morgan fingerprint density at radius 2 is 2.10 bits per heavy atom. The van der Waals surface area contributed by atoms with Crippen LogP contribution in [0, 0.1) is 5.82 Å². The Labute approximate surface area is 122 Å². The molecule has 0 aromatic heterocycles. The lowest BCUT2D eigenvalue weighted by Crippen LogP contribution is -2.39. The molecule has 0 saturated carbocycles. The largest absolute Gasteiger partial charge is 0.479 e. The van der Waals surface area contributed by atoms with Crippen LogP contribution in [0.4, 0.5) is 4.39 Å². The number of ether oxygens (including phenoxy) is 1. The Kier molecular flexibility index (Phi) is 4.90. The fourth-order valence-corrected chi connectivity index (χ4v) is 2.41. The van der Waals surface area contributed by atoms with Crippen LogP contribution in [0.1, 0.15) is 25.3 Å². The van der Waals surface area contributed by atoms with Gasteiger partial charge >= 0.3 is 5.97 Å². The second-order valence-electron chi connectivity index (χ2n) is 5.01. The number of rotatable bonds is 5. The highest BCUT2D eigenvalue weighted by Gasteiger charge is 2.36. The number of hydrogen-bond acceptors (Lipinski definition) is 3. The molecule has 1 N–H and O–H groups in total. The number of likely N-dealkylation sites (N-methyl/N-ethyl adjacent to an activating group) is 1. The van der Waals surface area contributed by atoms with Crippen LogP contribution in [0.2, 0.25) is 0 Å². The summed E-state index contributed by atoms with van der Waals surface area (Å²) in [5.41, 5.74) is 0.693. The molecule has 1 aliphatic rings. The van der Waals surface area contributed by atoms with E-state index in [1.807, 2.05) is 6.92 Å². The summed E-state index contributed by atoms with van der Waals surface area (Å²) in [5, 5.41) is 8.88. The van der Waals surface area contributed by atoms with Crippen LogP contribution >= 0.6 is 0 Å². The fraction of sp³-hybridized carbons (Fsp3) is 0.467. The van der Waals surface area contributed by atoms with Crippen molar-refractivity contribution in [1.82, 2.24) is 4.90 Å². The molecule has 0 bridgehead atoms. The first kappa shape index (κ1) is 15.4. The predicted molar refractivity (Wildman–Crippen MR) is 73.0 cm³/mol. The van der Waals surface area contributed by atoms with E-state index in [0.29, 0.717) is 24.9 Å². The maximum Gasteiger partial charge on any atom is 0.332 e. The maximum absolute atomic E-state index is 13.2. The highest BCUT2D eigenvalue weighted by atomic mass is 19.1. The fourth-order valence-electron chi connectivity index (χ4n) is 2.41. The van der Waals surface area contributed by atoms with E-state index in [9.17, 15) is 14.0 Å². The first-order valence-corrected chi connectivity index (χ1v) is 6.92. The van der Waals surface area contributed by atoms with Crippen LogP contribution < -0.4 is 0 Å². The molecule has 5 nitrogen and oxygen atoms in total. The highest BCUT2D eigenvalue weighted by molar-refractivity contribution is 5.82. The Morgan fingerprint density at radius 1 is 1.38 bits per heavy atom. The second-order valence-corrected chi connectivity index (χ2v) is 5.01. The normalized spacial score (nSPS) is 21.2. The zero-order chi connectivity index (χ0) is 15.4. The molecule has 6 heteroatoms. The lowest BCUT2D eigenvalue weighted by atomic mass is 10.1. The summed E-state index contributed by atoms with van der Waals surface area (Å²) < 4.78 is 18.4. The summed E-state index contributed by atoms with van der Waals surface area (Å²) in [7, 11) is 0. The van der Waals surface area contributed by atoms with E-state index in [0.717, 1.165) is 0 Å². The van der Waals surface area contributed by atoms with Crippen LogP contribution in [-0.2, 0) is 20.9 Å². The Morgan fingerprint density at radius 3 is 2.67 bits per heavy atom. The molecule has 114 valence electrons. The van der Waals surface area contributed by atoms with Gasteiger partial charge in [0.05, 0.1) is 0 Å². The van der Waals surface area contributed by atoms with Crippen molar-refractivity contribution in [2.24, 2.45) is 0 Å². The Balaban J connectivity index is 2.01. The first-order chi connectivity index (χ1) is 10.0. The number of halogens is 1. The van der Waals surface area contributed by atoms with Crippen molar-refractivity contribution in [3.63, 3.8) is 0 Å². The van der Waals surface area contributed by atoms with Gasteiger partial charge in [-0.1, -0.05) is 12.1 Å². The third-order valence-corrected chi connectivity index (χ3v) is 3.53. The van der Waals surface area contributed by atoms with Gasteiger partial charge in [0.15, 0.2) is 6.10 Å². The molecule has 2 rings (SSSR count). The first-order valence-electron chi connectivity index (χ1n) is 6.92. The monoisotopic (exact) mass is 295 g/mol. The third-order valence-electron chi connectivity index (χ3n) is 3.53. The molecule has 0 radical (unpaired) electrons. The molecule has 1 fully saturated rings. The average molecular weight is 295 g/mol. The van der Waals surface area contributed by atoms with Crippen molar-refractivity contribution >= 4 is 11.9 Å².